The van der Waals surface area contributed by atoms with Crippen LogP contribution in [-0.2, 0) is 11.3 Å². The molecule has 4 N–H and O–H groups in total. The van der Waals surface area contributed by atoms with Crippen LogP contribution in [0.2, 0.25) is 0 Å². The molecule has 2 atom stereocenters. The third-order valence-electron chi connectivity index (χ3n) is 3.05. The predicted molar refractivity (Wildman–Crippen MR) is 79.2 cm³/mol. The van der Waals surface area contributed by atoms with E-state index >= 15 is 0 Å². The molecule has 0 heterocycles. The number of anilines is 2. The topological polar surface area (TPSA) is 75.3 Å². The SMILES string of the molecule is CC(c1ccc(N)cc1)c1ccc(NS(=O)O)cc1. The van der Waals surface area contributed by atoms with Crippen molar-refractivity contribution in [3.63, 3.8) is 0 Å². The highest BCUT2D eigenvalue weighted by molar-refractivity contribution is 7.80. The number of nitrogen functional groups attached to an aromatic ring is 1. The van der Waals surface area contributed by atoms with E-state index in [1.165, 1.54) is 5.56 Å². The lowest BCUT2D eigenvalue weighted by Gasteiger charge is -2.13. The molecule has 4 nitrogen and oxygen atoms in total. The third kappa shape index (κ3) is 3.56. The Hall–Kier alpha value is -1.85. The standard InChI is InChI=1S/C14H16N2O2S/c1-10(11-2-6-13(15)7-3-11)12-4-8-14(9-5-12)16-19(17)18/h2-10,16H,15H2,1H3,(H,17,18). The van der Waals surface area contributed by atoms with E-state index in [0.29, 0.717) is 5.69 Å². The summed E-state index contributed by atoms with van der Waals surface area (Å²) in [6.45, 7) is 2.11. The maximum atomic E-state index is 10.6. The highest BCUT2D eigenvalue weighted by Gasteiger charge is 2.08. The van der Waals surface area contributed by atoms with Gasteiger partial charge >= 0.3 is 0 Å². The second kappa shape index (κ2) is 5.86. The first-order chi connectivity index (χ1) is 9.06. The van der Waals surface area contributed by atoms with Crippen LogP contribution in [0, 0.1) is 0 Å². The van der Waals surface area contributed by atoms with E-state index in [9.17, 15) is 4.21 Å². The number of hydrogen-bond donors (Lipinski definition) is 3. The van der Waals surface area contributed by atoms with Gasteiger partial charge < -0.3 is 5.73 Å². The first-order valence-corrected chi connectivity index (χ1v) is 7.00. The summed E-state index contributed by atoms with van der Waals surface area (Å²) in [5.74, 6) is 0.245. The number of nitrogens with two attached hydrogens (primary N) is 1. The summed E-state index contributed by atoms with van der Waals surface area (Å²) >= 11 is -2.04. The summed E-state index contributed by atoms with van der Waals surface area (Å²) in [7, 11) is 0. The van der Waals surface area contributed by atoms with Gasteiger partial charge in [0.2, 0.25) is 0 Å². The van der Waals surface area contributed by atoms with Crippen molar-refractivity contribution in [1.29, 1.82) is 0 Å². The van der Waals surface area contributed by atoms with Crippen molar-refractivity contribution in [2.75, 3.05) is 10.5 Å². The molecule has 19 heavy (non-hydrogen) atoms. The molecule has 2 unspecified atom stereocenters. The van der Waals surface area contributed by atoms with Crippen molar-refractivity contribution >= 4 is 22.6 Å². The summed E-state index contributed by atoms with van der Waals surface area (Å²) in [4.78, 5) is 0. The molecule has 0 aliphatic rings. The van der Waals surface area contributed by atoms with Crippen LogP contribution in [0.15, 0.2) is 48.5 Å². The summed E-state index contributed by atoms with van der Waals surface area (Å²) < 4.78 is 21.8. The summed E-state index contributed by atoms with van der Waals surface area (Å²) in [6, 6.07) is 15.2. The Labute approximate surface area is 115 Å². The van der Waals surface area contributed by atoms with Crippen LogP contribution >= 0.6 is 0 Å². The largest absolute Gasteiger partial charge is 0.399 e. The number of benzene rings is 2. The Morgan fingerprint density at radius 2 is 1.53 bits per heavy atom. The monoisotopic (exact) mass is 276 g/mol. The van der Waals surface area contributed by atoms with Gasteiger partial charge in [-0.1, -0.05) is 31.2 Å². The van der Waals surface area contributed by atoms with Crippen molar-refractivity contribution in [2.45, 2.75) is 12.8 Å². The Balaban J connectivity index is 2.17. The van der Waals surface area contributed by atoms with Crippen LogP contribution in [0.5, 0.6) is 0 Å². The van der Waals surface area contributed by atoms with Gasteiger partial charge in [0.15, 0.2) is 0 Å². The first-order valence-electron chi connectivity index (χ1n) is 5.89. The highest BCUT2D eigenvalue weighted by atomic mass is 32.2. The first kappa shape index (κ1) is 13.6. The Kier molecular flexibility index (Phi) is 4.19. The lowest BCUT2D eigenvalue weighted by Crippen LogP contribution is -2.02. The van der Waals surface area contributed by atoms with Gasteiger partial charge in [-0.2, -0.15) is 0 Å². The summed E-state index contributed by atoms with van der Waals surface area (Å²) in [5, 5.41) is 0. The fourth-order valence-corrected chi connectivity index (χ4v) is 2.26. The molecule has 2 rings (SSSR count). The molecule has 0 radical (unpaired) electrons. The van der Waals surface area contributed by atoms with Gasteiger partial charge in [0.1, 0.15) is 0 Å². The van der Waals surface area contributed by atoms with Crippen molar-refractivity contribution in [3.8, 4) is 0 Å². The third-order valence-corrected chi connectivity index (χ3v) is 3.46. The quantitative estimate of drug-likeness (QED) is 0.593. The highest BCUT2D eigenvalue weighted by Crippen LogP contribution is 2.25. The molecular formula is C14H16N2O2S. The molecule has 0 saturated carbocycles. The van der Waals surface area contributed by atoms with E-state index in [1.54, 1.807) is 12.1 Å². The van der Waals surface area contributed by atoms with E-state index in [0.717, 1.165) is 11.3 Å². The van der Waals surface area contributed by atoms with Gasteiger partial charge in [0, 0.05) is 17.3 Å². The maximum Gasteiger partial charge on any atom is 0.259 e. The van der Waals surface area contributed by atoms with E-state index in [2.05, 4.69) is 11.6 Å². The van der Waals surface area contributed by atoms with Crippen molar-refractivity contribution in [3.05, 3.63) is 59.7 Å². The Morgan fingerprint density at radius 3 is 2.00 bits per heavy atom. The van der Waals surface area contributed by atoms with Gasteiger partial charge in [0.25, 0.3) is 11.3 Å². The molecule has 0 aromatic heterocycles. The molecule has 5 heteroatoms. The van der Waals surface area contributed by atoms with Crippen LogP contribution in [0.4, 0.5) is 11.4 Å². The average Bonchev–Trinajstić information content (AvgIpc) is 2.39. The molecule has 2 aromatic carbocycles. The minimum atomic E-state index is -2.04. The minimum absolute atomic E-state index is 0.245. The van der Waals surface area contributed by atoms with Gasteiger partial charge in [-0.3, -0.25) is 9.27 Å². The van der Waals surface area contributed by atoms with Gasteiger partial charge in [-0.25, -0.2) is 4.21 Å². The van der Waals surface area contributed by atoms with Crippen LogP contribution in [0.1, 0.15) is 24.0 Å². The van der Waals surface area contributed by atoms with Crippen LogP contribution < -0.4 is 10.5 Å². The number of rotatable bonds is 4. The van der Waals surface area contributed by atoms with E-state index in [1.807, 2.05) is 36.4 Å². The molecule has 0 aliphatic carbocycles. The van der Waals surface area contributed by atoms with E-state index in [4.69, 9.17) is 10.3 Å². The molecule has 0 aliphatic heterocycles. The minimum Gasteiger partial charge on any atom is -0.399 e. The zero-order valence-electron chi connectivity index (χ0n) is 10.5. The van der Waals surface area contributed by atoms with Gasteiger partial charge in [-0.05, 0) is 35.4 Å². The normalized spacial score (nSPS) is 13.8. The molecule has 2 aromatic rings. The van der Waals surface area contributed by atoms with Crippen LogP contribution in [-0.4, -0.2) is 8.76 Å². The predicted octanol–water partition coefficient (Wildman–Crippen LogP) is 2.97. The fourth-order valence-electron chi connectivity index (χ4n) is 1.92. The van der Waals surface area contributed by atoms with E-state index < -0.39 is 11.3 Å². The zero-order chi connectivity index (χ0) is 13.8. The molecule has 0 bridgehead atoms. The maximum absolute atomic E-state index is 10.6. The molecule has 100 valence electrons. The molecular weight excluding hydrogens is 260 g/mol. The van der Waals surface area contributed by atoms with Crippen LogP contribution in [0.25, 0.3) is 0 Å². The van der Waals surface area contributed by atoms with Crippen molar-refractivity contribution in [2.24, 2.45) is 0 Å². The van der Waals surface area contributed by atoms with Crippen molar-refractivity contribution < 1.29 is 8.76 Å². The average molecular weight is 276 g/mol. The molecule has 0 spiro atoms. The lowest BCUT2D eigenvalue weighted by molar-refractivity contribution is 0.570. The number of hydrogen-bond acceptors (Lipinski definition) is 2. The molecule has 0 fully saturated rings. The Bertz CT molecular complexity index is 567. The lowest BCUT2D eigenvalue weighted by atomic mass is 9.93. The second-order valence-electron chi connectivity index (χ2n) is 4.36. The fraction of sp³-hybridized carbons (Fsp3) is 0.143. The summed E-state index contributed by atoms with van der Waals surface area (Å²) in [6.07, 6.45) is 0. The van der Waals surface area contributed by atoms with Gasteiger partial charge in [0.05, 0.1) is 0 Å². The molecule has 0 saturated heterocycles. The number of nitrogens with one attached hydrogen (secondary N) is 1. The molecule has 0 amide bonds. The van der Waals surface area contributed by atoms with E-state index in [-0.39, 0.29) is 5.92 Å². The Morgan fingerprint density at radius 1 is 1.05 bits per heavy atom. The van der Waals surface area contributed by atoms with Crippen molar-refractivity contribution in [1.82, 2.24) is 0 Å². The zero-order valence-corrected chi connectivity index (χ0v) is 11.4. The summed E-state index contributed by atoms with van der Waals surface area (Å²) in [5.41, 5.74) is 9.36. The second-order valence-corrected chi connectivity index (χ2v) is 5.06. The van der Waals surface area contributed by atoms with Crippen LogP contribution in [0.3, 0.4) is 0 Å². The smallest absolute Gasteiger partial charge is 0.259 e. The van der Waals surface area contributed by atoms with Gasteiger partial charge in [-0.15, -0.1) is 0 Å².